The number of nitrogen functional groups attached to an aromatic ring is 1. The molecule has 1 heterocycles. The summed E-state index contributed by atoms with van der Waals surface area (Å²) in [4.78, 5) is 8.59. The molecule has 0 unspecified atom stereocenters. The maximum atomic E-state index is 5.78. The van der Waals surface area contributed by atoms with Gasteiger partial charge in [0.05, 0.1) is 17.6 Å². The van der Waals surface area contributed by atoms with E-state index >= 15 is 0 Å². The van der Waals surface area contributed by atoms with E-state index in [1.54, 1.807) is 6.20 Å². The lowest BCUT2D eigenvalue weighted by Gasteiger charge is -2.19. The van der Waals surface area contributed by atoms with Crippen molar-refractivity contribution in [3.05, 3.63) is 41.7 Å². The number of nitrogens with two attached hydrogens (primary N) is 1. The Balaban J connectivity index is 2.37. The van der Waals surface area contributed by atoms with Gasteiger partial charge in [0, 0.05) is 5.56 Å². The van der Waals surface area contributed by atoms with E-state index in [1.807, 2.05) is 6.92 Å². The SMILES string of the molecule is Cc1ncc(-c2ccc(C(C)(C)C)cc2)nc1N. The van der Waals surface area contributed by atoms with Gasteiger partial charge in [0.2, 0.25) is 0 Å². The van der Waals surface area contributed by atoms with Gasteiger partial charge in [0.25, 0.3) is 0 Å². The summed E-state index contributed by atoms with van der Waals surface area (Å²) in [5.41, 5.74) is 9.88. The standard InChI is InChI=1S/C15H19N3/c1-10-14(16)18-13(9-17-10)11-5-7-12(8-6-11)15(2,3)4/h5-9H,1-4H3,(H2,16,18). The average molecular weight is 241 g/mol. The molecule has 2 N–H and O–H groups in total. The highest BCUT2D eigenvalue weighted by Crippen LogP contribution is 2.25. The number of benzene rings is 1. The van der Waals surface area contributed by atoms with Crippen molar-refractivity contribution >= 4 is 5.82 Å². The molecule has 0 saturated heterocycles. The van der Waals surface area contributed by atoms with Crippen LogP contribution in [0.15, 0.2) is 30.5 Å². The summed E-state index contributed by atoms with van der Waals surface area (Å²) in [6.07, 6.45) is 1.76. The summed E-state index contributed by atoms with van der Waals surface area (Å²) in [6.45, 7) is 8.46. The van der Waals surface area contributed by atoms with Crippen LogP contribution in [0.4, 0.5) is 5.82 Å². The van der Waals surface area contributed by atoms with Crippen LogP contribution in [0.3, 0.4) is 0 Å². The molecule has 18 heavy (non-hydrogen) atoms. The third-order valence-electron chi connectivity index (χ3n) is 3.04. The van der Waals surface area contributed by atoms with Gasteiger partial charge in [-0.25, -0.2) is 4.98 Å². The van der Waals surface area contributed by atoms with Gasteiger partial charge in [-0.3, -0.25) is 4.98 Å². The molecule has 0 bridgehead atoms. The summed E-state index contributed by atoms with van der Waals surface area (Å²) in [5.74, 6) is 0.493. The fourth-order valence-electron chi connectivity index (χ4n) is 1.74. The Hall–Kier alpha value is -1.90. The van der Waals surface area contributed by atoms with E-state index in [0.29, 0.717) is 5.82 Å². The summed E-state index contributed by atoms with van der Waals surface area (Å²) < 4.78 is 0. The molecule has 2 aromatic rings. The van der Waals surface area contributed by atoms with Crippen molar-refractivity contribution < 1.29 is 0 Å². The Kier molecular flexibility index (Phi) is 3.07. The lowest BCUT2D eigenvalue weighted by atomic mass is 9.86. The first kappa shape index (κ1) is 12.6. The number of aromatic nitrogens is 2. The molecule has 1 aromatic carbocycles. The van der Waals surface area contributed by atoms with E-state index < -0.39 is 0 Å². The van der Waals surface area contributed by atoms with Crippen LogP contribution in [0.5, 0.6) is 0 Å². The molecule has 1 aromatic heterocycles. The molecule has 2 rings (SSSR count). The first-order chi connectivity index (χ1) is 8.38. The summed E-state index contributed by atoms with van der Waals surface area (Å²) in [7, 11) is 0. The Labute approximate surface area is 108 Å². The topological polar surface area (TPSA) is 51.8 Å². The van der Waals surface area contributed by atoms with Crippen LogP contribution in [-0.4, -0.2) is 9.97 Å². The monoisotopic (exact) mass is 241 g/mol. The molecule has 0 aliphatic heterocycles. The maximum absolute atomic E-state index is 5.78. The van der Waals surface area contributed by atoms with Crippen molar-refractivity contribution in [1.82, 2.24) is 9.97 Å². The third kappa shape index (κ3) is 2.50. The Morgan fingerprint density at radius 2 is 1.67 bits per heavy atom. The van der Waals surface area contributed by atoms with Crippen LogP contribution in [0.1, 0.15) is 32.0 Å². The van der Waals surface area contributed by atoms with Crippen LogP contribution < -0.4 is 5.73 Å². The zero-order chi connectivity index (χ0) is 13.3. The van der Waals surface area contributed by atoms with Gasteiger partial charge >= 0.3 is 0 Å². The number of rotatable bonds is 1. The largest absolute Gasteiger partial charge is 0.382 e. The zero-order valence-electron chi connectivity index (χ0n) is 11.4. The minimum Gasteiger partial charge on any atom is -0.382 e. The first-order valence-electron chi connectivity index (χ1n) is 6.08. The second kappa shape index (κ2) is 4.41. The summed E-state index contributed by atoms with van der Waals surface area (Å²) >= 11 is 0. The van der Waals surface area contributed by atoms with Crippen LogP contribution in [0, 0.1) is 6.92 Å². The molecule has 0 aliphatic rings. The molecule has 0 fully saturated rings. The van der Waals surface area contributed by atoms with Crippen molar-refractivity contribution in [1.29, 1.82) is 0 Å². The van der Waals surface area contributed by atoms with Gasteiger partial charge < -0.3 is 5.73 Å². The second-order valence-electron chi connectivity index (χ2n) is 5.55. The molecular weight excluding hydrogens is 222 g/mol. The fraction of sp³-hybridized carbons (Fsp3) is 0.333. The van der Waals surface area contributed by atoms with E-state index in [4.69, 9.17) is 5.73 Å². The van der Waals surface area contributed by atoms with Gasteiger partial charge in [-0.2, -0.15) is 0 Å². The van der Waals surface area contributed by atoms with E-state index in [2.05, 4.69) is 55.0 Å². The predicted octanol–water partition coefficient (Wildman–Crippen LogP) is 3.33. The smallest absolute Gasteiger partial charge is 0.145 e. The number of nitrogens with zero attached hydrogens (tertiary/aromatic N) is 2. The second-order valence-corrected chi connectivity index (χ2v) is 5.55. The van der Waals surface area contributed by atoms with E-state index in [1.165, 1.54) is 5.56 Å². The van der Waals surface area contributed by atoms with Gasteiger partial charge in [0.15, 0.2) is 0 Å². The van der Waals surface area contributed by atoms with Gasteiger partial charge in [-0.1, -0.05) is 45.0 Å². The minimum atomic E-state index is 0.163. The predicted molar refractivity (Wildman–Crippen MR) is 75.3 cm³/mol. The quantitative estimate of drug-likeness (QED) is 0.833. The molecule has 3 nitrogen and oxygen atoms in total. The zero-order valence-corrected chi connectivity index (χ0v) is 11.4. The fourth-order valence-corrected chi connectivity index (χ4v) is 1.74. The van der Waals surface area contributed by atoms with Gasteiger partial charge in [-0.05, 0) is 17.9 Å². The molecule has 94 valence electrons. The van der Waals surface area contributed by atoms with Crippen LogP contribution in [-0.2, 0) is 5.41 Å². The van der Waals surface area contributed by atoms with E-state index in [0.717, 1.165) is 17.0 Å². The highest BCUT2D eigenvalue weighted by Gasteiger charge is 2.13. The minimum absolute atomic E-state index is 0.163. The first-order valence-corrected chi connectivity index (χ1v) is 6.08. The highest BCUT2D eigenvalue weighted by atomic mass is 14.9. The Bertz CT molecular complexity index is 551. The molecule has 0 saturated carbocycles. The van der Waals surface area contributed by atoms with Crippen molar-refractivity contribution in [2.75, 3.05) is 5.73 Å². The van der Waals surface area contributed by atoms with Crippen molar-refractivity contribution in [3.8, 4) is 11.3 Å². The number of hydrogen-bond acceptors (Lipinski definition) is 3. The Morgan fingerprint density at radius 1 is 1.06 bits per heavy atom. The van der Waals surface area contributed by atoms with Crippen molar-refractivity contribution in [2.45, 2.75) is 33.1 Å². The summed E-state index contributed by atoms with van der Waals surface area (Å²) in [5, 5.41) is 0. The van der Waals surface area contributed by atoms with Gasteiger partial charge in [0.1, 0.15) is 5.82 Å². The number of aryl methyl sites for hydroxylation is 1. The molecule has 0 aliphatic carbocycles. The van der Waals surface area contributed by atoms with Gasteiger partial charge in [-0.15, -0.1) is 0 Å². The van der Waals surface area contributed by atoms with E-state index in [9.17, 15) is 0 Å². The average Bonchev–Trinajstić information content (AvgIpc) is 2.32. The summed E-state index contributed by atoms with van der Waals surface area (Å²) in [6, 6.07) is 8.40. The van der Waals surface area contributed by atoms with Crippen molar-refractivity contribution in [3.63, 3.8) is 0 Å². The molecule has 0 spiro atoms. The molecule has 3 heteroatoms. The van der Waals surface area contributed by atoms with E-state index in [-0.39, 0.29) is 5.41 Å². The molecule has 0 amide bonds. The van der Waals surface area contributed by atoms with Crippen LogP contribution >= 0.6 is 0 Å². The van der Waals surface area contributed by atoms with Crippen LogP contribution in [0.2, 0.25) is 0 Å². The maximum Gasteiger partial charge on any atom is 0.145 e. The molecule has 0 atom stereocenters. The number of anilines is 1. The van der Waals surface area contributed by atoms with Crippen LogP contribution in [0.25, 0.3) is 11.3 Å². The Morgan fingerprint density at radius 3 is 2.17 bits per heavy atom. The number of hydrogen-bond donors (Lipinski definition) is 1. The molecular formula is C15H19N3. The lowest BCUT2D eigenvalue weighted by Crippen LogP contribution is -2.10. The molecule has 0 radical (unpaired) electrons. The highest BCUT2D eigenvalue weighted by molar-refractivity contribution is 5.60. The third-order valence-corrected chi connectivity index (χ3v) is 3.04. The normalized spacial score (nSPS) is 11.6. The lowest BCUT2D eigenvalue weighted by molar-refractivity contribution is 0.590. The van der Waals surface area contributed by atoms with Crippen molar-refractivity contribution in [2.24, 2.45) is 0 Å².